The van der Waals surface area contributed by atoms with Crippen LogP contribution in [-0.4, -0.2) is 0 Å². The maximum atomic E-state index is 3.72. The average molecular weight is 150 g/mol. The zero-order chi connectivity index (χ0) is 8.27. The van der Waals surface area contributed by atoms with Gasteiger partial charge in [0.05, 0.1) is 0 Å². The normalized spacial score (nSPS) is 32.4. The second-order valence-corrected chi connectivity index (χ2v) is 3.66. The second kappa shape index (κ2) is 3.75. The van der Waals surface area contributed by atoms with E-state index in [2.05, 4.69) is 26.5 Å². The van der Waals surface area contributed by atoms with Gasteiger partial charge in [0.15, 0.2) is 0 Å². The van der Waals surface area contributed by atoms with Crippen LogP contribution in [0.2, 0.25) is 0 Å². The first kappa shape index (κ1) is 8.58. The Morgan fingerprint density at radius 1 is 1.45 bits per heavy atom. The fourth-order valence-corrected chi connectivity index (χ4v) is 2.13. The van der Waals surface area contributed by atoms with Crippen LogP contribution >= 0.6 is 0 Å². The molecule has 0 saturated heterocycles. The summed E-state index contributed by atoms with van der Waals surface area (Å²) >= 11 is 0. The summed E-state index contributed by atoms with van der Waals surface area (Å²) in [6.07, 6.45) is 8.27. The van der Waals surface area contributed by atoms with Gasteiger partial charge in [-0.3, -0.25) is 0 Å². The van der Waals surface area contributed by atoms with E-state index in [1.54, 1.807) is 0 Å². The third-order valence-corrected chi connectivity index (χ3v) is 2.83. The fraction of sp³-hybridized carbons (Fsp3) is 0.636. The first-order chi connectivity index (χ1) is 5.25. The molecule has 2 atom stereocenters. The Balaban J connectivity index is 2.58. The molecule has 0 aromatic heterocycles. The predicted octanol–water partition coefficient (Wildman–Crippen LogP) is 3.55. The van der Waals surface area contributed by atoms with E-state index in [-0.39, 0.29) is 0 Å². The van der Waals surface area contributed by atoms with Gasteiger partial charge in [0, 0.05) is 0 Å². The van der Waals surface area contributed by atoms with Crippen LogP contribution in [0.5, 0.6) is 0 Å². The van der Waals surface area contributed by atoms with Crippen molar-refractivity contribution in [3.63, 3.8) is 0 Å². The standard InChI is InChI=1S/C11H18/c1-4-6-9(2)11-8-5-7-10(11)3/h4,6,10-11H,1,5,7-8H2,2-3H3/t10-,11-/m1/s1. The zero-order valence-electron chi connectivity index (χ0n) is 7.64. The van der Waals surface area contributed by atoms with Crippen molar-refractivity contribution in [3.8, 4) is 0 Å². The van der Waals surface area contributed by atoms with Gasteiger partial charge in [0.1, 0.15) is 0 Å². The van der Waals surface area contributed by atoms with Crippen molar-refractivity contribution in [2.75, 3.05) is 0 Å². The summed E-state index contributed by atoms with van der Waals surface area (Å²) in [5.74, 6) is 1.74. The van der Waals surface area contributed by atoms with E-state index in [4.69, 9.17) is 0 Å². The minimum absolute atomic E-state index is 0.841. The molecule has 1 rings (SSSR count). The Kier molecular flexibility index (Phi) is 2.92. The van der Waals surface area contributed by atoms with E-state index in [9.17, 15) is 0 Å². The molecule has 0 radical (unpaired) electrons. The van der Waals surface area contributed by atoms with E-state index in [1.807, 2.05) is 6.08 Å². The zero-order valence-corrected chi connectivity index (χ0v) is 7.64. The number of hydrogen-bond acceptors (Lipinski definition) is 0. The quantitative estimate of drug-likeness (QED) is 0.528. The highest BCUT2D eigenvalue weighted by Gasteiger charge is 2.23. The molecule has 0 N–H and O–H groups in total. The van der Waals surface area contributed by atoms with E-state index < -0.39 is 0 Å². The summed E-state index contributed by atoms with van der Waals surface area (Å²) in [6.45, 7) is 8.31. The highest BCUT2D eigenvalue weighted by molar-refractivity contribution is 5.13. The van der Waals surface area contributed by atoms with Crippen molar-refractivity contribution in [3.05, 3.63) is 24.3 Å². The van der Waals surface area contributed by atoms with Crippen molar-refractivity contribution in [1.29, 1.82) is 0 Å². The topological polar surface area (TPSA) is 0 Å². The van der Waals surface area contributed by atoms with E-state index in [0.29, 0.717) is 0 Å². The van der Waals surface area contributed by atoms with Crippen LogP contribution in [0.3, 0.4) is 0 Å². The molecular weight excluding hydrogens is 132 g/mol. The summed E-state index contributed by atoms with van der Waals surface area (Å²) < 4.78 is 0. The summed E-state index contributed by atoms with van der Waals surface area (Å²) in [5.41, 5.74) is 1.52. The highest BCUT2D eigenvalue weighted by atomic mass is 14.3. The van der Waals surface area contributed by atoms with E-state index in [1.165, 1.54) is 24.8 Å². The molecule has 11 heavy (non-hydrogen) atoms. The second-order valence-electron chi connectivity index (χ2n) is 3.66. The van der Waals surface area contributed by atoms with Gasteiger partial charge in [-0.2, -0.15) is 0 Å². The van der Waals surface area contributed by atoms with Crippen LogP contribution in [0, 0.1) is 11.8 Å². The Bertz CT molecular complexity index is 165. The van der Waals surface area contributed by atoms with Gasteiger partial charge in [0.2, 0.25) is 0 Å². The Hall–Kier alpha value is -0.520. The molecule has 62 valence electrons. The molecule has 0 spiro atoms. The van der Waals surface area contributed by atoms with Crippen LogP contribution in [0.1, 0.15) is 33.1 Å². The van der Waals surface area contributed by atoms with E-state index >= 15 is 0 Å². The Labute approximate surface area is 70.0 Å². The van der Waals surface area contributed by atoms with Gasteiger partial charge in [0.25, 0.3) is 0 Å². The molecule has 1 fully saturated rings. The van der Waals surface area contributed by atoms with Crippen LogP contribution in [0.25, 0.3) is 0 Å². The maximum absolute atomic E-state index is 3.72. The first-order valence-electron chi connectivity index (χ1n) is 4.55. The lowest BCUT2D eigenvalue weighted by Crippen LogP contribution is -2.04. The summed E-state index contributed by atoms with van der Waals surface area (Å²) in [7, 11) is 0. The van der Waals surface area contributed by atoms with E-state index in [0.717, 1.165) is 11.8 Å². The number of allylic oxidation sites excluding steroid dienone is 3. The third-order valence-electron chi connectivity index (χ3n) is 2.83. The first-order valence-corrected chi connectivity index (χ1v) is 4.55. The molecule has 0 nitrogen and oxygen atoms in total. The summed E-state index contributed by atoms with van der Waals surface area (Å²) in [6, 6.07) is 0. The van der Waals surface area contributed by atoms with Crippen molar-refractivity contribution < 1.29 is 0 Å². The predicted molar refractivity (Wildman–Crippen MR) is 50.5 cm³/mol. The summed E-state index contributed by atoms with van der Waals surface area (Å²) in [5, 5.41) is 0. The molecule has 0 amide bonds. The van der Waals surface area contributed by atoms with Gasteiger partial charge in [-0.15, -0.1) is 0 Å². The molecule has 0 unspecified atom stereocenters. The SMILES string of the molecule is C=CC=C(C)[C@H]1CCC[C@H]1C. The van der Waals surface area contributed by atoms with Gasteiger partial charge in [-0.25, -0.2) is 0 Å². The Morgan fingerprint density at radius 3 is 2.64 bits per heavy atom. The van der Waals surface area contributed by atoms with Crippen molar-refractivity contribution in [1.82, 2.24) is 0 Å². The monoisotopic (exact) mass is 150 g/mol. The van der Waals surface area contributed by atoms with Crippen molar-refractivity contribution >= 4 is 0 Å². The fourth-order valence-electron chi connectivity index (χ4n) is 2.13. The minimum Gasteiger partial charge on any atom is -0.0991 e. The van der Waals surface area contributed by atoms with Gasteiger partial charge in [-0.05, 0) is 25.2 Å². The smallest absolute Gasteiger partial charge is 0.0177 e. The van der Waals surface area contributed by atoms with Gasteiger partial charge in [-0.1, -0.05) is 44.1 Å². The third kappa shape index (κ3) is 1.95. The van der Waals surface area contributed by atoms with Gasteiger partial charge >= 0.3 is 0 Å². The molecule has 0 aromatic rings. The number of rotatable bonds is 2. The summed E-state index contributed by atoms with van der Waals surface area (Å²) in [4.78, 5) is 0. The van der Waals surface area contributed by atoms with Crippen LogP contribution < -0.4 is 0 Å². The van der Waals surface area contributed by atoms with Crippen LogP contribution in [0.4, 0.5) is 0 Å². The minimum atomic E-state index is 0.841. The number of hydrogen-bond donors (Lipinski definition) is 0. The lowest BCUT2D eigenvalue weighted by molar-refractivity contribution is 0.480. The molecular formula is C11H18. The maximum Gasteiger partial charge on any atom is -0.0177 e. The molecule has 0 heteroatoms. The highest BCUT2D eigenvalue weighted by Crippen LogP contribution is 2.35. The molecule has 1 saturated carbocycles. The van der Waals surface area contributed by atoms with Crippen molar-refractivity contribution in [2.45, 2.75) is 33.1 Å². The average Bonchev–Trinajstić information content (AvgIpc) is 2.36. The lowest BCUT2D eigenvalue weighted by atomic mass is 9.91. The largest absolute Gasteiger partial charge is 0.0991 e. The van der Waals surface area contributed by atoms with Crippen LogP contribution in [-0.2, 0) is 0 Å². The molecule has 0 aromatic carbocycles. The molecule has 1 aliphatic carbocycles. The Morgan fingerprint density at radius 2 is 2.18 bits per heavy atom. The molecule has 0 heterocycles. The van der Waals surface area contributed by atoms with Gasteiger partial charge < -0.3 is 0 Å². The van der Waals surface area contributed by atoms with Crippen molar-refractivity contribution in [2.24, 2.45) is 11.8 Å². The van der Waals surface area contributed by atoms with Crippen LogP contribution in [0.15, 0.2) is 24.3 Å². The lowest BCUT2D eigenvalue weighted by Gasteiger charge is -2.15. The molecule has 0 bridgehead atoms. The molecule has 0 aliphatic heterocycles. The molecule has 1 aliphatic rings.